The van der Waals surface area contributed by atoms with Crippen molar-refractivity contribution in [3.63, 3.8) is 0 Å². The molecule has 2 aromatic carbocycles. The van der Waals surface area contributed by atoms with Gasteiger partial charge in [0.15, 0.2) is 0 Å². The van der Waals surface area contributed by atoms with Crippen LogP contribution in [0.25, 0.3) is 10.8 Å². The van der Waals surface area contributed by atoms with E-state index >= 15 is 0 Å². The Morgan fingerprint density at radius 3 is 1.43 bits per heavy atom. The summed E-state index contributed by atoms with van der Waals surface area (Å²) >= 11 is 0. The second-order valence-corrected chi connectivity index (χ2v) is 16.2. The van der Waals surface area contributed by atoms with Gasteiger partial charge in [0.05, 0.1) is 14.2 Å². The number of likely N-dealkylation sites (tertiary alicyclic amines) is 2. The van der Waals surface area contributed by atoms with Gasteiger partial charge < -0.3 is 29.9 Å². The summed E-state index contributed by atoms with van der Waals surface area (Å²) in [5.74, 6) is 14.6. The molecule has 0 radical (unpaired) electrons. The molecule has 2 aliphatic heterocycles. The lowest BCUT2D eigenvalue weighted by Crippen LogP contribution is -2.51. The number of hydrogen-bond donors (Lipinski definition) is 4. The molecule has 2 saturated heterocycles. The first kappa shape index (κ1) is 41.4. The number of imidazole rings is 2. The van der Waals surface area contributed by atoms with E-state index in [-0.39, 0.29) is 47.6 Å². The van der Waals surface area contributed by atoms with Gasteiger partial charge in [0, 0.05) is 24.2 Å². The van der Waals surface area contributed by atoms with E-state index in [0.29, 0.717) is 24.5 Å². The minimum absolute atomic E-state index is 0.113. The monoisotopic (exact) mass is 790 g/mol. The number of fused-ring (bicyclic) bond motifs is 1. The summed E-state index contributed by atoms with van der Waals surface area (Å²) in [6, 6.07) is 10.3. The predicted molar refractivity (Wildman–Crippen MR) is 215 cm³/mol. The first-order valence-electron chi connectivity index (χ1n) is 19.8. The summed E-state index contributed by atoms with van der Waals surface area (Å²) in [7, 11) is 2.58. The molecule has 14 heteroatoms. The molecule has 0 bridgehead atoms. The molecular formula is C44H54N8O6+2. The summed E-state index contributed by atoms with van der Waals surface area (Å²) in [6.07, 6.45) is 3.92. The lowest BCUT2D eigenvalue weighted by Gasteiger charge is -2.28. The molecule has 4 heterocycles. The summed E-state index contributed by atoms with van der Waals surface area (Å²) in [5.41, 5.74) is 3.10. The lowest BCUT2D eigenvalue weighted by molar-refractivity contribution is -0.394. The van der Waals surface area contributed by atoms with E-state index in [9.17, 15) is 19.2 Å². The molecule has 2 fully saturated rings. The number of carbonyl (C=O) groups is 4. The van der Waals surface area contributed by atoms with E-state index in [2.05, 4.69) is 68.1 Å². The van der Waals surface area contributed by atoms with Crippen LogP contribution in [0.15, 0.2) is 48.8 Å². The molecule has 0 saturated carbocycles. The van der Waals surface area contributed by atoms with Gasteiger partial charge >= 0.3 is 12.2 Å². The van der Waals surface area contributed by atoms with Crippen molar-refractivity contribution in [3.8, 4) is 23.7 Å². The van der Waals surface area contributed by atoms with Gasteiger partial charge in [-0.15, -0.1) is 0 Å². The Morgan fingerprint density at radius 2 is 1.07 bits per heavy atom. The maximum atomic E-state index is 13.6. The van der Waals surface area contributed by atoms with Crippen molar-refractivity contribution in [2.24, 2.45) is 23.7 Å². The Balaban J connectivity index is 1.12. The van der Waals surface area contributed by atoms with Crippen molar-refractivity contribution >= 4 is 34.8 Å². The van der Waals surface area contributed by atoms with Gasteiger partial charge in [-0.1, -0.05) is 65.5 Å². The highest BCUT2D eigenvalue weighted by molar-refractivity contribution is 5.87. The van der Waals surface area contributed by atoms with Crippen LogP contribution in [0.2, 0.25) is 0 Å². The maximum absolute atomic E-state index is 13.6. The number of alkyl carbamates (subject to hydrolysis) is 2. The van der Waals surface area contributed by atoms with Crippen LogP contribution in [-0.4, -0.2) is 83.2 Å². The van der Waals surface area contributed by atoms with E-state index < -0.39 is 24.3 Å². The highest BCUT2D eigenvalue weighted by Gasteiger charge is 2.43. The van der Waals surface area contributed by atoms with Crippen molar-refractivity contribution in [1.29, 1.82) is 0 Å². The SMILES string of the molecule is COC(=O)N[C@H](C(=O)N1C[C@@H](C)C[C@H]1c1[nH]c(C#Cc2ccc3cc(C#Cc4c[nH+]c([C@@H]5C[C@H](C)CN5C(=O)[C@@H](NC(=O)OC)C(C)C)[nH]4)ccc3c2)c[nH+]1)C(C)C. The van der Waals surface area contributed by atoms with Crippen LogP contribution in [0.5, 0.6) is 0 Å². The fraction of sp³-hybridized carbons (Fsp3) is 0.455. The summed E-state index contributed by atoms with van der Waals surface area (Å²) in [4.78, 5) is 68.2. The topological polar surface area (TPSA) is 177 Å². The third-order valence-electron chi connectivity index (χ3n) is 10.8. The van der Waals surface area contributed by atoms with Crippen molar-refractivity contribution in [2.45, 2.75) is 78.6 Å². The van der Waals surface area contributed by atoms with Crippen molar-refractivity contribution in [2.75, 3.05) is 27.3 Å². The average Bonchev–Trinajstić information content (AvgIpc) is 4.03. The third-order valence-corrected chi connectivity index (χ3v) is 10.8. The minimum Gasteiger partial charge on any atom is -0.453 e. The molecule has 0 aliphatic carbocycles. The van der Waals surface area contributed by atoms with E-state index in [4.69, 9.17) is 9.47 Å². The van der Waals surface area contributed by atoms with Gasteiger partial charge in [0.25, 0.3) is 11.6 Å². The van der Waals surface area contributed by atoms with Gasteiger partial charge in [-0.25, -0.2) is 29.5 Å². The average molecular weight is 791 g/mol. The molecule has 0 unspecified atom stereocenters. The van der Waals surface area contributed by atoms with Crippen LogP contribution in [0.3, 0.4) is 0 Å². The largest absolute Gasteiger partial charge is 0.453 e. The number of nitrogens with one attached hydrogen (secondary N) is 6. The number of aromatic amines is 4. The van der Waals surface area contributed by atoms with E-state index in [1.165, 1.54) is 14.2 Å². The van der Waals surface area contributed by atoms with Crippen LogP contribution in [0.1, 0.15) is 101 Å². The molecule has 4 amide bonds. The second-order valence-electron chi connectivity index (χ2n) is 16.2. The standard InChI is InChI=1S/C44H52N8O6/c1-25(2)37(49-43(55)57-7)41(53)51-23-27(5)17-35(51)39-45-21-33(47-39)15-11-29-9-13-32-20-30(10-14-31(32)19-29)12-16-34-22-46-40(48-34)36-18-28(6)24-52(36)42(54)38(26(3)4)50-44(56)58-8/h9-10,13-14,19-22,25-28,35-38H,17-18,23-24H2,1-8H3,(H,45,47)(H,46,48)(H,49,55)(H,50,56)/p+2/t27-,28-,35-,36-,37-,38-/m0/s1. The Bertz CT molecular complexity index is 2130. The number of rotatable bonds is 8. The molecule has 2 aromatic heterocycles. The molecule has 58 heavy (non-hydrogen) atoms. The molecule has 4 aromatic rings. The van der Waals surface area contributed by atoms with Crippen molar-refractivity contribution in [3.05, 3.63) is 83.0 Å². The number of benzene rings is 2. The summed E-state index contributed by atoms with van der Waals surface area (Å²) < 4.78 is 9.53. The Hall–Kier alpha value is -6.28. The molecule has 6 rings (SSSR count). The van der Waals surface area contributed by atoms with Gasteiger partial charge in [-0.05, 0) is 83.4 Å². The zero-order valence-corrected chi connectivity index (χ0v) is 34.4. The molecule has 6 atom stereocenters. The molecule has 14 nitrogen and oxygen atoms in total. The number of amides is 4. The quantitative estimate of drug-likeness (QED) is 0.191. The number of carbonyl (C=O) groups excluding carboxylic acids is 4. The highest BCUT2D eigenvalue weighted by Crippen LogP contribution is 2.35. The van der Waals surface area contributed by atoms with Crippen LogP contribution < -0.4 is 20.6 Å². The number of aromatic nitrogens is 4. The van der Waals surface area contributed by atoms with Gasteiger partial charge in [-0.2, -0.15) is 0 Å². The second kappa shape index (κ2) is 17.9. The fourth-order valence-corrected chi connectivity index (χ4v) is 7.79. The van der Waals surface area contributed by atoms with Crippen molar-refractivity contribution in [1.82, 2.24) is 30.4 Å². The number of nitrogens with zero attached hydrogens (tertiary/aromatic N) is 2. The summed E-state index contributed by atoms with van der Waals surface area (Å²) in [6.45, 7) is 13.0. The first-order valence-corrected chi connectivity index (χ1v) is 19.8. The van der Waals surface area contributed by atoms with E-state index in [1.807, 2.05) is 86.3 Å². The van der Waals surface area contributed by atoms with Gasteiger partial charge in [0.2, 0.25) is 23.2 Å². The Labute approximate surface area is 339 Å². The van der Waals surface area contributed by atoms with Crippen LogP contribution in [0, 0.1) is 47.4 Å². The lowest BCUT2D eigenvalue weighted by atomic mass is 10.0. The summed E-state index contributed by atoms with van der Waals surface area (Å²) in [5, 5.41) is 7.46. The third kappa shape index (κ3) is 9.46. The molecular weight excluding hydrogens is 737 g/mol. The molecule has 6 N–H and O–H groups in total. The molecule has 2 aliphatic rings. The van der Waals surface area contributed by atoms with Crippen molar-refractivity contribution < 1.29 is 38.6 Å². The Morgan fingerprint density at radius 1 is 0.672 bits per heavy atom. The number of ether oxygens (including phenoxy) is 2. The van der Waals surface area contributed by atoms with Crippen LogP contribution in [-0.2, 0) is 19.1 Å². The number of hydrogen-bond acceptors (Lipinski definition) is 6. The van der Waals surface area contributed by atoms with Gasteiger partial charge in [0.1, 0.15) is 36.6 Å². The predicted octanol–water partition coefficient (Wildman–Crippen LogP) is 4.50. The van der Waals surface area contributed by atoms with Crippen LogP contribution in [0.4, 0.5) is 9.59 Å². The smallest absolute Gasteiger partial charge is 0.407 e. The first-order chi connectivity index (χ1) is 27.7. The van der Waals surface area contributed by atoms with E-state index in [0.717, 1.165) is 46.4 Å². The molecule has 0 spiro atoms. The van der Waals surface area contributed by atoms with E-state index in [1.54, 1.807) is 0 Å². The normalized spacial score (nSPS) is 19.9. The fourth-order valence-electron chi connectivity index (χ4n) is 7.79. The maximum Gasteiger partial charge on any atom is 0.407 e. The zero-order chi connectivity index (χ0) is 41.7. The number of H-pyrrole nitrogens is 4. The minimum atomic E-state index is -0.697. The number of methoxy groups -OCH3 is 2. The highest BCUT2D eigenvalue weighted by atomic mass is 16.5. The zero-order valence-electron chi connectivity index (χ0n) is 34.4. The Kier molecular flexibility index (Phi) is 12.8. The van der Waals surface area contributed by atoms with Crippen LogP contribution >= 0.6 is 0 Å². The molecule has 304 valence electrons. The van der Waals surface area contributed by atoms with Gasteiger partial charge in [-0.3, -0.25) is 9.59 Å².